The van der Waals surface area contributed by atoms with E-state index >= 15 is 0 Å². The number of amides is 2. The van der Waals surface area contributed by atoms with E-state index in [-0.39, 0.29) is 11.8 Å². The van der Waals surface area contributed by atoms with Crippen LogP contribution >= 0.6 is 0 Å². The quantitative estimate of drug-likeness (QED) is 0.807. The second kappa shape index (κ2) is 8.37. The Labute approximate surface area is 171 Å². The molecule has 0 bridgehead atoms. The molecule has 2 fully saturated rings. The third-order valence-electron chi connectivity index (χ3n) is 6.11. The van der Waals surface area contributed by atoms with Gasteiger partial charge in [-0.05, 0) is 32.4 Å². The molecule has 1 aromatic heterocycles. The highest BCUT2D eigenvalue weighted by molar-refractivity contribution is 5.86. The Kier molecular flexibility index (Phi) is 5.67. The van der Waals surface area contributed by atoms with Gasteiger partial charge < -0.3 is 14.7 Å². The van der Waals surface area contributed by atoms with E-state index in [1.165, 1.54) is 0 Å². The number of likely N-dealkylation sites (tertiary alicyclic amines) is 2. The highest BCUT2D eigenvalue weighted by Crippen LogP contribution is 2.35. The molecule has 2 saturated heterocycles. The number of aromatic nitrogens is 1. The molecular formula is C22H28N4O3. The second-order valence-corrected chi connectivity index (χ2v) is 8.13. The van der Waals surface area contributed by atoms with Crippen molar-refractivity contribution < 1.29 is 14.1 Å². The predicted octanol–water partition coefficient (Wildman–Crippen LogP) is 1.94. The van der Waals surface area contributed by atoms with E-state index in [1.54, 1.807) is 7.05 Å². The van der Waals surface area contributed by atoms with Gasteiger partial charge in [-0.3, -0.25) is 14.5 Å². The van der Waals surface area contributed by atoms with Gasteiger partial charge in [0.15, 0.2) is 0 Å². The molecule has 2 amide bonds. The van der Waals surface area contributed by atoms with Crippen molar-refractivity contribution in [3.05, 3.63) is 42.2 Å². The summed E-state index contributed by atoms with van der Waals surface area (Å²) in [5.41, 5.74) is 1.06. The summed E-state index contributed by atoms with van der Waals surface area (Å²) in [6.07, 6.45) is 3.37. The lowest BCUT2D eigenvalue weighted by molar-refractivity contribution is -0.133. The molecule has 2 aliphatic heterocycles. The van der Waals surface area contributed by atoms with Crippen LogP contribution in [0.25, 0.3) is 11.3 Å². The van der Waals surface area contributed by atoms with Crippen LogP contribution < -0.4 is 5.32 Å². The van der Waals surface area contributed by atoms with Gasteiger partial charge in [-0.2, -0.15) is 0 Å². The predicted molar refractivity (Wildman–Crippen MR) is 109 cm³/mol. The van der Waals surface area contributed by atoms with Crippen LogP contribution in [0.2, 0.25) is 0 Å². The minimum Gasteiger partial charge on any atom is -0.361 e. The summed E-state index contributed by atoms with van der Waals surface area (Å²) in [5, 5.41) is 6.96. The minimum absolute atomic E-state index is 0.0494. The molecule has 4 rings (SSSR count). The Bertz CT molecular complexity index is 860. The van der Waals surface area contributed by atoms with Gasteiger partial charge in [-0.15, -0.1) is 0 Å². The summed E-state index contributed by atoms with van der Waals surface area (Å²) in [5.74, 6) is 0.730. The van der Waals surface area contributed by atoms with Crippen molar-refractivity contribution in [2.24, 2.45) is 5.41 Å². The first kappa shape index (κ1) is 19.6. The van der Waals surface area contributed by atoms with Crippen LogP contribution in [0.1, 0.15) is 25.0 Å². The first-order valence-electron chi connectivity index (χ1n) is 10.3. The van der Waals surface area contributed by atoms with Crippen LogP contribution in [0, 0.1) is 5.41 Å². The number of carbonyl (C=O) groups excluding carboxylic acids is 2. The number of rotatable bonds is 6. The van der Waals surface area contributed by atoms with Crippen molar-refractivity contribution in [3.63, 3.8) is 0 Å². The van der Waals surface area contributed by atoms with E-state index in [1.807, 2.05) is 41.3 Å². The van der Waals surface area contributed by atoms with Crippen molar-refractivity contribution in [1.29, 1.82) is 0 Å². The molecule has 1 N–H and O–H groups in total. The van der Waals surface area contributed by atoms with Gasteiger partial charge in [0.05, 0.1) is 12.0 Å². The van der Waals surface area contributed by atoms with Crippen molar-refractivity contribution in [1.82, 2.24) is 20.3 Å². The fourth-order valence-electron chi connectivity index (χ4n) is 4.47. The lowest BCUT2D eigenvalue weighted by atomic mass is 9.81. The lowest BCUT2D eigenvalue weighted by Gasteiger charge is -2.27. The average Bonchev–Trinajstić information content (AvgIpc) is 3.50. The number of benzene rings is 1. The van der Waals surface area contributed by atoms with Gasteiger partial charge in [0.2, 0.25) is 11.8 Å². The van der Waals surface area contributed by atoms with Crippen molar-refractivity contribution in [2.75, 3.05) is 39.8 Å². The molecule has 7 nitrogen and oxygen atoms in total. The maximum absolute atomic E-state index is 12.8. The molecule has 154 valence electrons. The Hall–Kier alpha value is -2.67. The Balaban J connectivity index is 1.47. The van der Waals surface area contributed by atoms with E-state index in [0.29, 0.717) is 38.2 Å². The maximum atomic E-state index is 12.8. The van der Waals surface area contributed by atoms with Crippen LogP contribution in [-0.2, 0) is 16.0 Å². The minimum atomic E-state index is -0.678. The third kappa shape index (κ3) is 4.19. The summed E-state index contributed by atoms with van der Waals surface area (Å²) in [6, 6.07) is 11.7. The van der Waals surface area contributed by atoms with Gasteiger partial charge >= 0.3 is 0 Å². The lowest BCUT2D eigenvalue weighted by Crippen LogP contribution is -2.45. The van der Waals surface area contributed by atoms with E-state index in [9.17, 15) is 9.59 Å². The topological polar surface area (TPSA) is 78.7 Å². The maximum Gasteiger partial charge on any atom is 0.236 e. The van der Waals surface area contributed by atoms with Crippen molar-refractivity contribution in [3.8, 4) is 11.3 Å². The standard InChI is InChI=1S/C22H28N4O3/c1-23-21(28)22(9-12-26(16-22)20(27)15-25-10-5-6-11-25)14-18-13-19(24-29-18)17-7-3-2-4-8-17/h2-4,7-8,13H,5-6,9-12,14-16H2,1H3,(H,23,28). The third-order valence-corrected chi connectivity index (χ3v) is 6.11. The molecule has 7 heteroatoms. The molecule has 1 atom stereocenters. The molecule has 0 radical (unpaired) electrons. The highest BCUT2D eigenvalue weighted by Gasteiger charge is 2.46. The Morgan fingerprint density at radius 3 is 2.66 bits per heavy atom. The normalized spacial score (nSPS) is 22.2. The molecule has 1 unspecified atom stereocenters. The summed E-state index contributed by atoms with van der Waals surface area (Å²) < 4.78 is 5.56. The average molecular weight is 396 g/mol. The molecule has 3 heterocycles. The van der Waals surface area contributed by atoms with Crippen LogP contribution in [0.4, 0.5) is 0 Å². The summed E-state index contributed by atoms with van der Waals surface area (Å²) in [7, 11) is 1.65. The fraction of sp³-hybridized carbons (Fsp3) is 0.500. The molecule has 0 saturated carbocycles. The number of nitrogens with zero attached hydrogens (tertiary/aromatic N) is 3. The van der Waals surface area contributed by atoms with Crippen LogP contribution in [0.5, 0.6) is 0 Å². The van der Waals surface area contributed by atoms with E-state index < -0.39 is 5.41 Å². The number of carbonyl (C=O) groups is 2. The molecule has 1 aromatic carbocycles. The molecule has 0 spiro atoms. The van der Waals surface area contributed by atoms with Gasteiger partial charge in [-0.25, -0.2) is 0 Å². The van der Waals surface area contributed by atoms with Crippen molar-refractivity contribution >= 4 is 11.8 Å². The molecule has 29 heavy (non-hydrogen) atoms. The van der Waals surface area contributed by atoms with Gasteiger partial charge in [-0.1, -0.05) is 35.5 Å². The summed E-state index contributed by atoms with van der Waals surface area (Å²) in [4.78, 5) is 29.6. The molecule has 2 aliphatic rings. The van der Waals surface area contributed by atoms with Gasteiger partial charge in [0, 0.05) is 38.2 Å². The van der Waals surface area contributed by atoms with Gasteiger partial charge in [0.1, 0.15) is 11.5 Å². The first-order chi connectivity index (χ1) is 14.1. The zero-order valence-electron chi connectivity index (χ0n) is 16.9. The number of nitrogens with one attached hydrogen (secondary N) is 1. The smallest absolute Gasteiger partial charge is 0.236 e. The molecular weight excluding hydrogens is 368 g/mol. The fourth-order valence-corrected chi connectivity index (χ4v) is 4.47. The SMILES string of the molecule is CNC(=O)C1(Cc2cc(-c3ccccc3)no2)CCN(C(=O)CN2CCCC2)C1. The number of hydrogen-bond donors (Lipinski definition) is 1. The van der Waals surface area contributed by atoms with Crippen LogP contribution in [0.15, 0.2) is 40.9 Å². The highest BCUT2D eigenvalue weighted by atomic mass is 16.5. The van der Waals surface area contributed by atoms with Crippen LogP contribution in [0.3, 0.4) is 0 Å². The van der Waals surface area contributed by atoms with Crippen LogP contribution in [-0.4, -0.2) is 66.5 Å². The number of hydrogen-bond acceptors (Lipinski definition) is 5. The first-order valence-corrected chi connectivity index (χ1v) is 10.3. The Morgan fingerprint density at radius 2 is 1.93 bits per heavy atom. The zero-order chi connectivity index (χ0) is 20.3. The van der Waals surface area contributed by atoms with E-state index in [2.05, 4.69) is 15.4 Å². The summed E-state index contributed by atoms with van der Waals surface area (Å²) in [6.45, 7) is 3.44. The largest absolute Gasteiger partial charge is 0.361 e. The molecule has 0 aliphatic carbocycles. The molecule has 2 aromatic rings. The second-order valence-electron chi connectivity index (χ2n) is 8.13. The monoisotopic (exact) mass is 396 g/mol. The Morgan fingerprint density at radius 1 is 1.17 bits per heavy atom. The zero-order valence-corrected chi connectivity index (χ0v) is 16.9. The van der Waals surface area contributed by atoms with E-state index in [0.717, 1.165) is 37.2 Å². The van der Waals surface area contributed by atoms with Crippen molar-refractivity contribution in [2.45, 2.75) is 25.7 Å². The van der Waals surface area contributed by atoms with Gasteiger partial charge in [0.25, 0.3) is 0 Å². The summed E-state index contributed by atoms with van der Waals surface area (Å²) >= 11 is 0. The van der Waals surface area contributed by atoms with E-state index in [4.69, 9.17) is 4.52 Å².